The van der Waals surface area contributed by atoms with Crippen molar-refractivity contribution in [1.82, 2.24) is 0 Å². The first-order valence-corrected chi connectivity index (χ1v) is 6.24. The highest BCUT2D eigenvalue weighted by atomic mass is 16.7. The van der Waals surface area contributed by atoms with Crippen molar-refractivity contribution in [1.29, 1.82) is 0 Å². The van der Waals surface area contributed by atoms with Gasteiger partial charge in [-0.1, -0.05) is 13.8 Å². The van der Waals surface area contributed by atoms with Crippen LogP contribution >= 0.6 is 0 Å². The van der Waals surface area contributed by atoms with Crippen LogP contribution in [0, 0.1) is 0 Å². The molecular weight excluding hydrogens is 220 g/mol. The predicted molar refractivity (Wildman–Crippen MR) is 64.5 cm³/mol. The summed E-state index contributed by atoms with van der Waals surface area (Å²) in [5.74, 6) is -0.766. The Morgan fingerprint density at radius 2 is 2.06 bits per heavy atom. The van der Waals surface area contributed by atoms with Crippen LogP contribution in [0.4, 0.5) is 0 Å². The Morgan fingerprint density at radius 3 is 2.53 bits per heavy atom. The topological polar surface area (TPSA) is 44.8 Å². The molecule has 0 unspecified atom stereocenters. The average molecular weight is 242 g/mol. The van der Waals surface area contributed by atoms with Gasteiger partial charge in [-0.3, -0.25) is 0 Å². The molecule has 0 aromatic carbocycles. The third-order valence-electron chi connectivity index (χ3n) is 2.99. The van der Waals surface area contributed by atoms with Gasteiger partial charge in [-0.15, -0.1) is 0 Å². The maximum atomic E-state index is 11.4. The Labute approximate surface area is 103 Å². The highest BCUT2D eigenvalue weighted by molar-refractivity contribution is 5.87. The van der Waals surface area contributed by atoms with Gasteiger partial charge < -0.3 is 14.2 Å². The molecule has 1 atom stereocenters. The molecule has 1 heterocycles. The lowest BCUT2D eigenvalue weighted by atomic mass is 10.1. The smallest absolute Gasteiger partial charge is 0.333 e. The minimum absolute atomic E-state index is 0.153. The summed E-state index contributed by atoms with van der Waals surface area (Å²) < 4.78 is 16.4. The Bertz CT molecular complexity index is 292. The van der Waals surface area contributed by atoms with Crippen LogP contribution in [0.2, 0.25) is 0 Å². The van der Waals surface area contributed by atoms with Gasteiger partial charge in [0.15, 0.2) is 5.79 Å². The molecule has 1 fully saturated rings. The third-order valence-corrected chi connectivity index (χ3v) is 2.99. The Kier molecular flexibility index (Phi) is 5.15. The van der Waals surface area contributed by atoms with Crippen molar-refractivity contribution in [2.45, 2.75) is 52.4 Å². The van der Waals surface area contributed by atoms with E-state index in [1.54, 1.807) is 19.9 Å². The van der Waals surface area contributed by atoms with Gasteiger partial charge in [-0.25, -0.2) is 4.79 Å². The van der Waals surface area contributed by atoms with E-state index in [1.165, 1.54) is 0 Å². The van der Waals surface area contributed by atoms with Gasteiger partial charge in [0.05, 0.1) is 13.2 Å². The van der Waals surface area contributed by atoms with Crippen molar-refractivity contribution < 1.29 is 19.0 Å². The maximum Gasteiger partial charge on any atom is 0.333 e. The fraction of sp³-hybridized carbons (Fsp3) is 0.769. The zero-order valence-corrected chi connectivity index (χ0v) is 11.1. The molecule has 4 nitrogen and oxygen atoms in total. The van der Waals surface area contributed by atoms with Gasteiger partial charge in [0, 0.05) is 5.57 Å². The fourth-order valence-corrected chi connectivity index (χ4v) is 1.87. The lowest BCUT2D eigenvalue weighted by Gasteiger charge is -2.24. The van der Waals surface area contributed by atoms with Gasteiger partial charge in [0.25, 0.3) is 0 Å². The van der Waals surface area contributed by atoms with Crippen LogP contribution in [0.1, 0.15) is 40.5 Å². The lowest BCUT2D eigenvalue weighted by Crippen LogP contribution is -2.28. The van der Waals surface area contributed by atoms with Crippen LogP contribution in [0.25, 0.3) is 0 Å². The van der Waals surface area contributed by atoms with Crippen LogP contribution in [-0.4, -0.2) is 31.1 Å². The molecule has 17 heavy (non-hydrogen) atoms. The number of esters is 1. The molecule has 1 aliphatic heterocycles. The molecule has 1 saturated heterocycles. The van der Waals surface area contributed by atoms with Crippen molar-refractivity contribution in [3.05, 3.63) is 11.6 Å². The van der Waals surface area contributed by atoms with Gasteiger partial charge in [-0.2, -0.15) is 0 Å². The first kappa shape index (κ1) is 14.2. The van der Waals surface area contributed by atoms with Crippen LogP contribution < -0.4 is 0 Å². The molecule has 0 aliphatic carbocycles. The van der Waals surface area contributed by atoms with Gasteiger partial charge in [-0.05, 0) is 32.8 Å². The normalized spacial score (nSPS) is 23.8. The van der Waals surface area contributed by atoms with E-state index in [1.807, 2.05) is 13.8 Å². The number of ether oxygens (including phenoxy) is 3. The van der Waals surface area contributed by atoms with E-state index in [-0.39, 0.29) is 12.1 Å². The maximum absolute atomic E-state index is 11.4. The molecule has 0 amide bonds. The SMILES string of the molecule is CCOC(=O)/C(C)=C\[C@@H]1COC(CC)(CC)O1. The predicted octanol–water partition coefficient (Wildman–Crippen LogP) is 2.43. The molecule has 0 radical (unpaired) electrons. The zero-order valence-electron chi connectivity index (χ0n) is 11.1. The first-order valence-electron chi connectivity index (χ1n) is 6.24. The van der Waals surface area contributed by atoms with E-state index in [2.05, 4.69) is 0 Å². The van der Waals surface area contributed by atoms with E-state index in [4.69, 9.17) is 14.2 Å². The zero-order chi connectivity index (χ0) is 12.9. The van der Waals surface area contributed by atoms with Gasteiger partial charge in [0.2, 0.25) is 0 Å². The number of hydrogen-bond acceptors (Lipinski definition) is 4. The molecule has 0 spiro atoms. The molecular formula is C13H22O4. The second-order valence-corrected chi connectivity index (χ2v) is 4.16. The van der Waals surface area contributed by atoms with E-state index in [0.717, 1.165) is 12.8 Å². The van der Waals surface area contributed by atoms with Crippen LogP contribution in [0.3, 0.4) is 0 Å². The van der Waals surface area contributed by atoms with Crippen molar-refractivity contribution in [3.63, 3.8) is 0 Å². The number of carbonyl (C=O) groups excluding carboxylic acids is 1. The minimum Gasteiger partial charge on any atom is -0.463 e. The quantitative estimate of drug-likeness (QED) is 0.548. The largest absolute Gasteiger partial charge is 0.463 e. The van der Waals surface area contributed by atoms with Crippen LogP contribution in [0.15, 0.2) is 11.6 Å². The average Bonchev–Trinajstić information content (AvgIpc) is 2.73. The molecule has 0 aromatic rings. The van der Waals surface area contributed by atoms with E-state index in [9.17, 15) is 4.79 Å². The summed E-state index contributed by atoms with van der Waals surface area (Å²) in [6.45, 7) is 8.48. The number of carbonyl (C=O) groups is 1. The van der Waals surface area contributed by atoms with Crippen molar-refractivity contribution in [2.24, 2.45) is 0 Å². The second-order valence-electron chi connectivity index (χ2n) is 4.16. The second kappa shape index (κ2) is 6.17. The molecule has 0 bridgehead atoms. The molecule has 4 heteroatoms. The standard InChI is InChI=1S/C13H22O4/c1-5-13(6-2)16-9-11(17-13)8-10(4)12(14)15-7-3/h8,11H,5-7,9H2,1-4H3/b10-8-/t11-/m1/s1. The molecule has 98 valence electrons. The molecule has 0 aromatic heterocycles. The monoisotopic (exact) mass is 242 g/mol. The molecule has 1 aliphatic rings. The van der Waals surface area contributed by atoms with Gasteiger partial charge in [0.1, 0.15) is 6.10 Å². The molecule has 0 saturated carbocycles. The summed E-state index contributed by atoms with van der Waals surface area (Å²) in [7, 11) is 0. The molecule has 1 rings (SSSR count). The van der Waals surface area contributed by atoms with Crippen molar-refractivity contribution >= 4 is 5.97 Å². The summed E-state index contributed by atoms with van der Waals surface area (Å²) in [5, 5.41) is 0. The number of hydrogen-bond donors (Lipinski definition) is 0. The van der Waals surface area contributed by atoms with E-state index in [0.29, 0.717) is 18.8 Å². The van der Waals surface area contributed by atoms with Crippen molar-refractivity contribution in [3.8, 4) is 0 Å². The summed E-state index contributed by atoms with van der Waals surface area (Å²) in [6, 6.07) is 0. The summed E-state index contributed by atoms with van der Waals surface area (Å²) in [6.07, 6.45) is 3.25. The van der Waals surface area contributed by atoms with E-state index < -0.39 is 5.79 Å². The highest BCUT2D eigenvalue weighted by Crippen LogP contribution is 2.30. The lowest BCUT2D eigenvalue weighted by molar-refractivity contribution is -0.167. The Balaban J connectivity index is 2.60. The van der Waals surface area contributed by atoms with Crippen LogP contribution in [0.5, 0.6) is 0 Å². The van der Waals surface area contributed by atoms with Crippen LogP contribution in [-0.2, 0) is 19.0 Å². The first-order chi connectivity index (χ1) is 8.06. The molecule has 0 N–H and O–H groups in total. The van der Waals surface area contributed by atoms with Crippen molar-refractivity contribution in [2.75, 3.05) is 13.2 Å². The third kappa shape index (κ3) is 3.54. The van der Waals surface area contributed by atoms with Gasteiger partial charge >= 0.3 is 5.97 Å². The summed E-state index contributed by atoms with van der Waals surface area (Å²) in [5.41, 5.74) is 0.573. The summed E-state index contributed by atoms with van der Waals surface area (Å²) in [4.78, 5) is 11.4. The Hall–Kier alpha value is -0.870. The minimum atomic E-state index is -0.476. The number of rotatable bonds is 5. The fourth-order valence-electron chi connectivity index (χ4n) is 1.87. The van der Waals surface area contributed by atoms with E-state index >= 15 is 0 Å². The highest BCUT2D eigenvalue weighted by Gasteiger charge is 2.37. The summed E-state index contributed by atoms with van der Waals surface area (Å²) >= 11 is 0. The Morgan fingerprint density at radius 1 is 1.41 bits per heavy atom.